The minimum atomic E-state index is -1.33. The third kappa shape index (κ3) is 4.47. The van der Waals surface area contributed by atoms with Gasteiger partial charge in [0.2, 0.25) is 0 Å². The van der Waals surface area contributed by atoms with Gasteiger partial charge in [-0.2, -0.15) is 5.26 Å². The molecule has 2 aliphatic carbocycles. The molecule has 2 radical (unpaired) electrons. The molecule has 2 heterocycles. The summed E-state index contributed by atoms with van der Waals surface area (Å²) in [5.74, 6) is 0.129. The average Bonchev–Trinajstić information content (AvgIpc) is 3.49. The van der Waals surface area contributed by atoms with Crippen molar-refractivity contribution in [2.75, 3.05) is 10.6 Å². The molecule has 0 bridgehead atoms. The Morgan fingerprint density at radius 2 is 1.97 bits per heavy atom. The number of aromatic nitrogens is 4. The Morgan fingerprint density at radius 1 is 1.18 bits per heavy atom. The van der Waals surface area contributed by atoms with Crippen molar-refractivity contribution in [2.45, 2.75) is 56.5 Å². The van der Waals surface area contributed by atoms with E-state index in [2.05, 4.69) is 38.9 Å². The second-order valence-electron chi connectivity index (χ2n) is 10.4. The third-order valence-corrected chi connectivity index (χ3v) is 8.00. The monoisotopic (exact) mass is 525 g/mol. The molecule has 0 amide bonds. The van der Waals surface area contributed by atoms with Gasteiger partial charge in [0.25, 0.3) is 0 Å². The minimum absolute atomic E-state index is 0.258. The Balaban J connectivity index is 1.45. The van der Waals surface area contributed by atoms with Gasteiger partial charge in [-0.25, -0.2) is 9.07 Å². The zero-order valence-electron chi connectivity index (χ0n) is 21.0. The minimum Gasteiger partial charge on any atom is -0.380 e. The number of nitrogens with zero attached hydrogens (tertiary/aromatic N) is 5. The number of benzene rings is 2. The van der Waals surface area contributed by atoms with Gasteiger partial charge in [-0.3, -0.25) is 4.98 Å². The summed E-state index contributed by atoms with van der Waals surface area (Å²) in [6, 6.07) is 12.5. The first kappa shape index (κ1) is 24.7. The van der Waals surface area contributed by atoms with Gasteiger partial charge in [-0.1, -0.05) is 42.3 Å². The SMILES string of the molecule is [B]C(Nc1cc(Cl)c2ncc(C#N)c(N[C@H]3CCC[C@H]3C)c2c1)(c1ccc(F)cc1)c1cn(C2CC2)nn1. The lowest BCUT2D eigenvalue weighted by Gasteiger charge is -2.32. The number of rotatable bonds is 7. The van der Waals surface area contributed by atoms with E-state index in [-0.39, 0.29) is 11.9 Å². The normalized spacial score (nSPS) is 20.7. The molecule has 0 aliphatic heterocycles. The van der Waals surface area contributed by atoms with Crippen molar-refractivity contribution < 1.29 is 4.39 Å². The van der Waals surface area contributed by atoms with Crippen molar-refractivity contribution in [1.29, 1.82) is 5.26 Å². The van der Waals surface area contributed by atoms with E-state index < -0.39 is 5.44 Å². The van der Waals surface area contributed by atoms with E-state index in [1.54, 1.807) is 24.4 Å². The quantitative estimate of drug-likeness (QED) is 0.292. The largest absolute Gasteiger partial charge is 0.380 e. The zero-order valence-corrected chi connectivity index (χ0v) is 21.7. The zero-order chi connectivity index (χ0) is 26.4. The fourth-order valence-corrected chi connectivity index (χ4v) is 5.58. The highest BCUT2D eigenvalue weighted by Gasteiger charge is 2.34. The molecule has 0 spiro atoms. The number of hydrogen-bond acceptors (Lipinski definition) is 6. The van der Waals surface area contributed by atoms with E-state index in [1.807, 2.05) is 16.9 Å². The second-order valence-corrected chi connectivity index (χ2v) is 10.8. The van der Waals surface area contributed by atoms with Crippen LogP contribution in [-0.2, 0) is 5.44 Å². The van der Waals surface area contributed by atoms with Crippen LogP contribution in [0.1, 0.15) is 61.9 Å². The summed E-state index contributed by atoms with van der Waals surface area (Å²) < 4.78 is 15.6. The summed E-state index contributed by atoms with van der Waals surface area (Å²) in [7, 11) is 7.02. The van der Waals surface area contributed by atoms with Crippen LogP contribution in [0, 0.1) is 23.1 Å². The highest BCUT2D eigenvalue weighted by atomic mass is 35.5. The third-order valence-electron chi connectivity index (χ3n) is 7.71. The first-order valence-electron chi connectivity index (χ1n) is 12.9. The van der Waals surface area contributed by atoms with Gasteiger partial charge in [-0.05, 0) is 61.4 Å². The Morgan fingerprint density at radius 3 is 2.66 bits per heavy atom. The first-order chi connectivity index (χ1) is 18.4. The lowest BCUT2D eigenvalue weighted by Crippen LogP contribution is -2.37. The fraction of sp³-hybridized carbons (Fsp3) is 0.357. The summed E-state index contributed by atoms with van der Waals surface area (Å²) in [5.41, 5.74) is 2.14. The Labute approximate surface area is 226 Å². The fourth-order valence-electron chi connectivity index (χ4n) is 5.32. The Kier molecular flexibility index (Phi) is 6.23. The predicted molar refractivity (Wildman–Crippen MR) is 147 cm³/mol. The lowest BCUT2D eigenvalue weighted by atomic mass is 9.69. The molecule has 38 heavy (non-hydrogen) atoms. The van der Waals surface area contributed by atoms with Crippen molar-refractivity contribution in [3.63, 3.8) is 0 Å². The number of pyridine rings is 1. The van der Waals surface area contributed by atoms with Crippen LogP contribution in [0.3, 0.4) is 0 Å². The standard InChI is InChI=1S/C28H26BClFN7/c1-16-3-2-4-24(16)34-26-17(13-32)14-33-27-22(26)11-20(12-23(27)30)35-28(29,18-5-7-19(31)8-6-18)25-15-38(37-36-25)21-9-10-21/h5-8,11-12,14-16,21,24,35H,2-4,9-10H2,1H3,(H,33,34)/t16-,24+,28?/m1/s1. The van der Waals surface area contributed by atoms with Gasteiger partial charge in [0.1, 0.15) is 25.4 Å². The predicted octanol–water partition coefficient (Wildman–Crippen LogP) is 5.91. The Hall–Kier alpha value is -3.64. The number of nitriles is 1. The highest BCUT2D eigenvalue weighted by Crippen LogP contribution is 2.39. The second kappa shape index (κ2) is 9.59. The van der Waals surface area contributed by atoms with Gasteiger partial charge in [0.15, 0.2) is 0 Å². The van der Waals surface area contributed by atoms with E-state index in [0.717, 1.165) is 37.5 Å². The van der Waals surface area contributed by atoms with Gasteiger partial charge >= 0.3 is 0 Å². The summed E-state index contributed by atoms with van der Waals surface area (Å²) in [5, 5.41) is 26.7. The number of anilines is 2. The van der Waals surface area contributed by atoms with Gasteiger partial charge in [-0.15, -0.1) is 5.10 Å². The van der Waals surface area contributed by atoms with Crippen molar-refractivity contribution in [2.24, 2.45) is 5.92 Å². The molecule has 2 fully saturated rings. The van der Waals surface area contributed by atoms with E-state index in [9.17, 15) is 9.65 Å². The molecule has 2 aromatic heterocycles. The molecule has 7 nitrogen and oxygen atoms in total. The molecule has 2 aliphatic rings. The van der Waals surface area contributed by atoms with Crippen LogP contribution < -0.4 is 10.6 Å². The highest BCUT2D eigenvalue weighted by molar-refractivity contribution is 6.36. The van der Waals surface area contributed by atoms with Crippen LogP contribution in [0.5, 0.6) is 0 Å². The molecule has 6 rings (SSSR count). The van der Waals surface area contributed by atoms with Crippen molar-refractivity contribution >= 4 is 41.7 Å². The van der Waals surface area contributed by atoms with E-state index in [0.29, 0.717) is 50.7 Å². The maximum absolute atomic E-state index is 13.8. The van der Waals surface area contributed by atoms with E-state index >= 15 is 0 Å². The molecule has 190 valence electrons. The molecule has 2 N–H and O–H groups in total. The van der Waals surface area contributed by atoms with Crippen LogP contribution in [0.25, 0.3) is 10.9 Å². The topological polar surface area (TPSA) is 91.5 Å². The maximum atomic E-state index is 13.8. The number of fused-ring (bicyclic) bond motifs is 1. The molecule has 2 saturated carbocycles. The van der Waals surface area contributed by atoms with Crippen molar-refractivity contribution in [1.82, 2.24) is 20.0 Å². The average molecular weight is 526 g/mol. The molecule has 2 aromatic carbocycles. The van der Waals surface area contributed by atoms with Crippen LogP contribution in [0.4, 0.5) is 15.8 Å². The van der Waals surface area contributed by atoms with E-state index in [4.69, 9.17) is 19.4 Å². The summed E-state index contributed by atoms with van der Waals surface area (Å²) in [6.45, 7) is 2.22. The van der Waals surface area contributed by atoms with Crippen LogP contribution in [0.2, 0.25) is 5.02 Å². The molecule has 0 saturated heterocycles. The number of hydrogen-bond donors (Lipinski definition) is 2. The van der Waals surface area contributed by atoms with Crippen molar-refractivity contribution in [3.05, 3.63) is 76.5 Å². The van der Waals surface area contributed by atoms with Crippen molar-refractivity contribution in [3.8, 4) is 6.07 Å². The molecular weight excluding hydrogens is 500 g/mol. The summed E-state index contributed by atoms with van der Waals surface area (Å²) in [4.78, 5) is 4.48. The van der Waals surface area contributed by atoms with Crippen LogP contribution in [0.15, 0.2) is 48.8 Å². The molecular formula is C28H26BClFN7. The van der Waals surface area contributed by atoms with E-state index in [1.165, 1.54) is 12.1 Å². The maximum Gasteiger partial charge on any atom is 0.123 e. The molecule has 1 unspecified atom stereocenters. The number of halogens is 2. The van der Waals surface area contributed by atoms with Crippen LogP contribution in [-0.4, -0.2) is 33.9 Å². The number of nitrogens with one attached hydrogen (secondary N) is 2. The first-order valence-corrected chi connectivity index (χ1v) is 13.3. The Bertz CT molecular complexity index is 1550. The molecule has 4 aromatic rings. The van der Waals surface area contributed by atoms with Gasteiger partial charge in [0, 0.05) is 23.3 Å². The van der Waals surface area contributed by atoms with Crippen LogP contribution >= 0.6 is 11.6 Å². The summed E-state index contributed by atoms with van der Waals surface area (Å²) >= 11 is 6.73. The van der Waals surface area contributed by atoms with Gasteiger partial charge < -0.3 is 10.6 Å². The molecule has 10 heteroatoms. The van der Waals surface area contributed by atoms with Gasteiger partial charge in [0.05, 0.1) is 39.5 Å². The summed E-state index contributed by atoms with van der Waals surface area (Å²) in [6.07, 6.45) is 8.82. The lowest BCUT2D eigenvalue weighted by molar-refractivity contribution is 0.556. The molecule has 3 atom stereocenters. The smallest absolute Gasteiger partial charge is 0.123 e.